The molecule has 0 unspecified atom stereocenters. The highest BCUT2D eigenvalue weighted by Crippen LogP contribution is 2.34. The van der Waals surface area contributed by atoms with Crippen LogP contribution >= 0.6 is 38.9 Å². The molecule has 0 bridgehead atoms. The van der Waals surface area contributed by atoms with Gasteiger partial charge in [0.1, 0.15) is 16.6 Å². The maximum Gasteiger partial charge on any atom is 0.416 e. The summed E-state index contributed by atoms with van der Waals surface area (Å²) in [5.41, 5.74) is 0.966. The van der Waals surface area contributed by atoms with Gasteiger partial charge in [-0.05, 0) is 30.3 Å². The van der Waals surface area contributed by atoms with E-state index in [9.17, 15) is 18.4 Å². The molecule has 28 heavy (non-hydrogen) atoms. The number of alkyl halides is 3. The largest absolute Gasteiger partial charge is 0.416 e. The van der Waals surface area contributed by atoms with Crippen molar-refractivity contribution in [3.63, 3.8) is 0 Å². The van der Waals surface area contributed by atoms with Crippen LogP contribution in [0.1, 0.15) is 10.6 Å². The van der Waals surface area contributed by atoms with Gasteiger partial charge in [-0.1, -0.05) is 39.7 Å². The minimum absolute atomic E-state index is 0.0491. The van der Waals surface area contributed by atoms with Gasteiger partial charge in [0.15, 0.2) is 0 Å². The Bertz CT molecular complexity index is 1090. The van der Waals surface area contributed by atoms with Gasteiger partial charge in [-0.3, -0.25) is 0 Å². The molecule has 0 saturated carbocycles. The number of nitriles is 1. The smallest absolute Gasteiger partial charge is 0.359 e. The summed E-state index contributed by atoms with van der Waals surface area (Å²) in [7, 11) is 0. The maximum atomic E-state index is 12.9. The Morgan fingerprint density at radius 3 is 2.71 bits per heavy atom. The molecule has 0 aliphatic carbocycles. The van der Waals surface area contributed by atoms with Gasteiger partial charge in [0.25, 0.3) is 0 Å². The van der Waals surface area contributed by atoms with Crippen molar-refractivity contribution in [2.24, 2.45) is 0 Å². The van der Waals surface area contributed by atoms with Gasteiger partial charge >= 0.3 is 6.18 Å². The zero-order valence-electron chi connectivity index (χ0n) is 13.9. The van der Waals surface area contributed by atoms with E-state index in [0.29, 0.717) is 10.7 Å². The summed E-state index contributed by atoms with van der Waals surface area (Å²) in [4.78, 5) is 4.44. The van der Waals surface area contributed by atoms with Crippen LogP contribution in [0.15, 0.2) is 58.5 Å². The van der Waals surface area contributed by atoms with Crippen LogP contribution in [0.4, 0.5) is 18.9 Å². The lowest BCUT2D eigenvalue weighted by atomic mass is 10.2. The van der Waals surface area contributed by atoms with E-state index >= 15 is 0 Å². The molecule has 1 aromatic heterocycles. The minimum Gasteiger partial charge on any atom is -0.359 e. The third-order valence-electron chi connectivity index (χ3n) is 3.64. The van der Waals surface area contributed by atoms with Gasteiger partial charge < -0.3 is 5.32 Å². The van der Waals surface area contributed by atoms with Crippen LogP contribution in [0.2, 0.25) is 5.02 Å². The molecule has 0 spiro atoms. The van der Waals surface area contributed by atoms with Gasteiger partial charge in [0.2, 0.25) is 0 Å². The first-order chi connectivity index (χ1) is 13.3. The zero-order chi connectivity index (χ0) is 20.3. The summed E-state index contributed by atoms with van der Waals surface area (Å²) in [6.45, 7) is 0. The van der Waals surface area contributed by atoms with E-state index in [-0.39, 0.29) is 16.3 Å². The van der Waals surface area contributed by atoms with Crippen LogP contribution in [-0.2, 0) is 6.18 Å². The van der Waals surface area contributed by atoms with Crippen LogP contribution in [0.3, 0.4) is 0 Å². The number of rotatable bonds is 4. The quantitative estimate of drug-likeness (QED) is 0.398. The Hall–Kier alpha value is -2.34. The summed E-state index contributed by atoms with van der Waals surface area (Å²) in [5.74, 6) is 0. The molecule has 3 nitrogen and oxygen atoms in total. The topological polar surface area (TPSA) is 48.7 Å². The fourth-order valence-electron chi connectivity index (χ4n) is 2.28. The molecule has 9 heteroatoms. The van der Waals surface area contributed by atoms with Crippen molar-refractivity contribution < 1.29 is 13.2 Å². The van der Waals surface area contributed by atoms with Crippen LogP contribution in [0, 0.1) is 11.3 Å². The van der Waals surface area contributed by atoms with Crippen LogP contribution in [-0.4, -0.2) is 4.98 Å². The number of halogens is 5. The molecule has 0 atom stereocenters. The Balaban J connectivity index is 1.87. The molecule has 1 heterocycles. The van der Waals surface area contributed by atoms with Gasteiger partial charge in [0.05, 0.1) is 22.0 Å². The number of thiazole rings is 1. The second-order valence-electron chi connectivity index (χ2n) is 5.55. The lowest BCUT2D eigenvalue weighted by Crippen LogP contribution is -2.05. The number of anilines is 1. The van der Waals surface area contributed by atoms with E-state index in [1.54, 1.807) is 5.38 Å². The molecule has 1 N–H and O–H groups in total. The Kier molecular flexibility index (Phi) is 6.08. The molecule has 0 aliphatic rings. The summed E-state index contributed by atoms with van der Waals surface area (Å²) in [5, 5.41) is 14.4. The monoisotopic (exact) mass is 483 g/mol. The third kappa shape index (κ3) is 4.73. The molecule has 142 valence electrons. The third-order valence-corrected chi connectivity index (χ3v) is 5.34. The molecule has 0 saturated heterocycles. The lowest BCUT2D eigenvalue weighted by molar-refractivity contribution is -0.137. The van der Waals surface area contributed by atoms with Crippen LogP contribution in [0.25, 0.3) is 16.8 Å². The highest BCUT2D eigenvalue weighted by Gasteiger charge is 2.30. The summed E-state index contributed by atoms with van der Waals surface area (Å²) in [6.07, 6.45) is -3.19. The van der Waals surface area contributed by atoms with Gasteiger partial charge in [0, 0.05) is 21.6 Å². The van der Waals surface area contributed by atoms with Crippen LogP contribution in [0.5, 0.6) is 0 Å². The molecular weight excluding hydrogens is 475 g/mol. The first-order valence-electron chi connectivity index (χ1n) is 7.73. The molecule has 0 aliphatic heterocycles. The molecule has 0 fully saturated rings. The fourth-order valence-corrected chi connectivity index (χ4v) is 3.65. The molecular formula is C19H10BrClF3N3S. The minimum atomic E-state index is -4.49. The van der Waals surface area contributed by atoms with Gasteiger partial charge in [-0.2, -0.15) is 18.4 Å². The fraction of sp³-hybridized carbons (Fsp3) is 0.0526. The Morgan fingerprint density at radius 1 is 1.25 bits per heavy atom. The predicted octanol–water partition coefficient (Wildman–Crippen LogP) is 7.22. The number of benzene rings is 2. The highest BCUT2D eigenvalue weighted by molar-refractivity contribution is 9.10. The summed E-state index contributed by atoms with van der Waals surface area (Å²) in [6, 6.07) is 12.5. The van der Waals surface area contributed by atoms with Crippen molar-refractivity contribution in [1.29, 1.82) is 5.26 Å². The molecule has 2 aromatic carbocycles. The number of nitrogens with one attached hydrogen (secondary N) is 1. The van der Waals surface area contributed by atoms with Gasteiger partial charge in [-0.15, -0.1) is 11.3 Å². The molecule has 0 radical (unpaired) electrons. The van der Waals surface area contributed by atoms with Gasteiger partial charge in [-0.25, -0.2) is 4.98 Å². The zero-order valence-corrected chi connectivity index (χ0v) is 17.0. The number of nitrogens with zero attached hydrogens (tertiary/aromatic N) is 2. The van der Waals surface area contributed by atoms with Crippen LogP contribution < -0.4 is 5.32 Å². The van der Waals surface area contributed by atoms with E-state index < -0.39 is 11.7 Å². The Labute approximate surface area is 176 Å². The second-order valence-corrected chi connectivity index (χ2v) is 7.74. The molecule has 0 amide bonds. The average molecular weight is 485 g/mol. The van der Waals surface area contributed by atoms with Crippen molar-refractivity contribution in [1.82, 2.24) is 4.98 Å². The van der Waals surface area contributed by atoms with Crippen molar-refractivity contribution in [3.05, 3.63) is 74.1 Å². The summed E-state index contributed by atoms with van der Waals surface area (Å²) < 4.78 is 39.5. The predicted molar refractivity (Wildman–Crippen MR) is 109 cm³/mol. The number of hydrogen-bond donors (Lipinski definition) is 1. The average Bonchev–Trinajstić information content (AvgIpc) is 3.12. The molecule has 3 aromatic rings. The van der Waals surface area contributed by atoms with E-state index in [1.807, 2.05) is 30.3 Å². The second kappa shape index (κ2) is 8.35. The maximum absolute atomic E-state index is 12.9. The summed E-state index contributed by atoms with van der Waals surface area (Å²) >= 11 is 10.6. The molecule has 3 rings (SSSR count). The lowest BCUT2D eigenvalue weighted by Gasteiger charge is -2.10. The number of hydrogen-bond acceptors (Lipinski definition) is 4. The van der Waals surface area contributed by atoms with Crippen molar-refractivity contribution in [2.75, 3.05) is 5.32 Å². The SMILES string of the molecule is N#CC(=CNc1cc(C(F)(F)F)ccc1Cl)c1nc(-c2cccc(Br)c2)cs1. The van der Waals surface area contributed by atoms with Crippen molar-refractivity contribution in [3.8, 4) is 17.3 Å². The van der Waals surface area contributed by atoms with E-state index in [4.69, 9.17) is 11.6 Å². The van der Waals surface area contributed by atoms with E-state index in [0.717, 1.165) is 28.2 Å². The standard InChI is InChI=1S/C19H10BrClF3N3S/c20-14-3-1-2-11(6-14)17-10-28-18(27-17)12(8-25)9-26-16-7-13(19(22,23)24)4-5-15(16)21/h1-7,9-10,26H. The van der Waals surface area contributed by atoms with E-state index in [1.165, 1.54) is 17.5 Å². The first-order valence-corrected chi connectivity index (χ1v) is 9.78. The highest BCUT2D eigenvalue weighted by atomic mass is 79.9. The normalized spacial score (nSPS) is 11.9. The number of aromatic nitrogens is 1. The Morgan fingerprint density at radius 2 is 2.04 bits per heavy atom. The van der Waals surface area contributed by atoms with Crippen molar-refractivity contribution >= 4 is 50.1 Å². The van der Waals surface area contributed by atoms with Crippen molar-refractivity contribution in [2.45, 2.75) is 6.18 Å². The number of allylic oxidation sites excluding steroid dienone is 1. The van der Waals surface area contributed by atoms with E-state index in [2.05, 4.69) is 26.2 Å². The first kappa shape index (κ1) is 20.4.